The zero-order valence-corrected chi connectivity index (χ0v) is 13.3. The Bertz CT molecular complexity index is 703. The Morgan fingerprint density at radius 1 is 1.33 bits per heavy atom. The minimum absolute atomic E-state index is 0.211. The average Bonchev–Trinajstić information content (AvgIpc) is 2.91. The van der Waals surface area contributed by atoms with Gasteiger partial charge < -0.3 is 15.9 Å². The van der Waals surface area contributed by atoms with Crippen LogP contribution in [0.1, 0.15) is 0 Å². The van der Waals surface area contributed by atoms with E-state index in [1.807, 2.05) is 0 Å². The Balaban J connectivity index is 1.98. The third kappa shape index (κ3) is 4.78. The van der Waals surface area contributed by atoms with Crippen molar-refractivity contribution in [1.29, 1.82) is 0 Å². The van der Waals surface area contributed by atoms with Crippen LogP contribution in [0.4, 0.5) is 13.2 Å². The highest BCUT2D eigenvalue weighted by Gasteiger charge is 2.27. The molecular formula is C13H14F3N5O2S. The molecule has 1 aromatic heterocycles. The first kappa shape index (κ1) is 17.9. The molecule has 11 heteroatoms. The molecule has 0 aliphatic heterocycles. The van der Waals surface area contributed by atoms with Crippen molar-refractivity contribution in [3.8, 4) is 17.1 Å². The largest absolute Gasteiger partial charge is 0.497 e. The molecule has 2 rings (SSSR count). The standard InChI is InChI=1S/C13H14F3N5O2S/c1-23-9-4-2-8(3-5-9)11-19-20-12(21(11)17)24-6-10(22)18-7-13(14,15)16/h2-5H,6-7,17H2,1H3,(H,18,22). The number of methoxy groups -OCH3 is 1. The Morgan fingerprint density at radius 3 is 2.58 bits per heavy atom. The fourth-order valence-electron chi connectivity index (χ4n) is 1.69. The maximum absolute atomic E-state index is 12.0. The second-order valence-corrected chi connectivity index (χ2v) is 5.53. The van der Waals surface area contributed by atoms with Crippen molar-refractivity contribution in [1.82, 2.24) is 20.2 Å². The molecule has 130 valence electrons. The lowest BCUT2D eigenvalue weighted by Gasteiger charge is -2.08. The van der Waals surface area contributed by atoms with Gasteiger partial charge >= 0.3 is 6.18 Å². The summed E-state index contributed by atoms with van der Waals surface area (Å²) in [6.07, 6.45) is -4.45. The fourth-order valence-corrected chi connectivity index (χ4v) is 2.38. The van der Waals surface area contributed by atoms with Crippen LogP contribution in [0, 0.1) is 0 Å². The van der Waals surface area contributed by atoms with Gasteiger partial charge in [-0.3, -0.25) is 4.79 Å². The van der Waals surface area contributed by atoms with Gasteiger partial charge in [-0.15, -0.1) is 10.2 Å². The summed E-state index contributed by atoms with van der Waals surface area (Å²) in [5, 5.41) is 9.73. The molecule has 0 aliphatic rings. The number of nitrogen functional groups attached to an aromatic ring is 1. The van der Waals surface area contributed by atoms with Crippen LogP contribution in [0.5, 0.6) is 5.75 Å². The lowest BCUT2D eigenvalue weighted by molar-refractivity contribution is -0.136. The predicted octanol–water partition coefficient (Wildman–Crippen LogP) is 1.44. The molecule has 0 radical (unpaired) electrons. The third-order valence-electron chi connectivity index (χ3n) is 2.83. The second-order valence-electron chi connectivity index (χ2n) is 4.59. The average molecular weight is 361 g/mol. The van der Waals surface area contributed by atoms with Crippen molar-refractivity contribution < 1.29 is 22.7 Å². The molecule has 3 N–H and O–H groups in total. The molecule has 0 atom stereocenters. The number of halogens is 3. The smallest absolute Gasteiger partial charge is 0.405 e. The van der Waals surface area contributed by atoms with E-state index in [0.717, 1.165) is 11.8 Å². The number of alkyl halides is 3. The van der Waals surface area contributed by atoms with E-state index in [-0.39, 0.29) is 10.9 Å². The number of nitrogens with one attached hydrogen (secondary N) is 1. The molecule has 0 fully saturated rings. The number of nitrogens with zero attached hydrogens (tertiary/aromatic N) is 3. The number of benzene rings is 1. The maximum atomic E-state index is 12.0. The highest BCUT2D eigenvalue weighted by molar-refractivity contribution is 7.99. The normalized spacial score (nSPS) is 11.3. The highest BCUT2D eigenvalue weighted by atomic mass is 32.2. The van der Waals surface area contributed by atoms with Crippen LogP contribution in [-0.4, -0.2) is 46.4 Å². The Morgan fingerprint density at radius 2 is 2.00 bits per heavy atom. The van der Waals surface area contributed by atoms with Crippen molar-refractivity contribution in [3.05, 3.63) is 24.3 Å². The number of thioether (sulfide) groups is 1. The molecule has 0 unspecified atom stereocenters. The van der Waals surface area contributed by atoms with Gasteiger partial charge in [0.1, 0.15) is 12.3 Å². The van der Waals surface area contributed by atoms with Crippen molar-refractivity contribution in [2.75, 3.05) is 25.3 Å². The summed E-state index contributed by atoms with van der Waals surface area (Å²) >= 11 is 0.889. The van der Waals surface area contributed by atoms with Crippen molar-refractivity contribution in [2.24, 2.45) is 0 Å². The molecule has 24 heavy (non-hydrogen) atoms. The van der Waals surface area contributed by atoms with Gasteiger partial charge in [-0.25, -0.2) is 4.68 Å². The molecule has 0 aliphatic carbocycles. The summed E-state index contributed by atoms with van der Waals surface area (Å²) in [5.74, 6) is 5.86. The molecule has 1 aromatic carbocycles. The first-order chi connectivity index (χ1) is 11.3. The van der Waals surface area contributed by atoms with E-state index in [4.69, 9.17) is 10.6 Å². The lowest BCUT2D eigenvalue weighted by Crippen LogP contribution is -2.34. The van der Waals surface area contributed by atoms with Crippen LogP contribution in [0.15, 0.2) is 29.4 Å². The Hall–Kier alpha value is -2.43. The van der Waals surface area contributed by atoms with E-state index in [1.165, 1.54) is 4.68 Å². The van der Waals surface area contributed by atoms with Gasteiger partial charge in [0.2, 0.25) is 11.1 Å². The lowest BCUT2D eigenvalue weighted by atomic mass is 10.2. The van der Waals surface area contributed by atoms with E-state index >= 15 is 0 Å². The van der Waals surface area contributed by atoms with Gasteiger partial charge in [0.25, 0.3) is 0 Å². The Kier molecular flexibility index (Phi) is 5.54. The summed E-state index contributed by atoms with van der Waals surface area (Å²) in [7, 11) is 1.54. The van der Waals surface area contributed by atoms with Gasteiger partial charge in [0, 0.05) is 5.56 Å². The predicted molar refractivity (Wildman–Crippen MR) is 81.9 cm³/mol. The molecule has 7 nitrogen and oxygen atoms in total. The maximum Gasteiger partial charge on any atom is 0.405 e. The van der Waals surface area contributed by atoms with Crippen LogP contribution in [0.25, 0.3) is 11.4 Å². The molecule has 0 bridgehead atoms. The van der Waals surface area contributed by atoms with Crippen LogP contribution < -0.4 is 15.9 Å². The molecule has 0 saturated heterocycles. The molecular weight excluding hydrogens is 347 g/mol. The van der Waals surface area contributed by atoms with Gasteiger partial charge in [-0.1, -0.05) is 11.8 Å². The summed E-state index contributed by atoms with van der Waals surface area (Å²) in [6, 6.07) is 6.91. The first-order valence-corrected chi connectivity index (χ1v) is 7.60. The van der Waals surface area contributed by atoms with Crippen molar-refractivity contribution in [3.63, 3.8) is 0 Å². The first-order valence-electron chi connectivity index (χ1n) is 6.61. The quantitative estimate of drug-likeness (QED) is 0.597. The van der Waals surface area contributed by atoms with E-state index in [1.54, 1.807) is 36.7 Å². The number of ether oxygens (including phenoxy) is 1. The third-order valence-corrected chi connectivity index (χ3v) is 3.77. The van der Waals surface area contributed by atoms with E-state index < -0.39 is 18.6 Å². The summed E-state index contributed by atoms with van der Waals surface area (Å²) < 4.78 is 42.3. The van der Waals surface area contributed by atoms with Crippen LogP contribution in [0.3, 0.4) is 0 Å². The van der Waals surface area contributed by atoms with Gasteiger partial charge in [-0.2, -0.15) is 13.2 Å². The topological polar surface area (TPSA) is 95.1 Å². The molecule has 2 aromatic rings. The van der Waals surface area contributed by atoms with E-state index in [0.29, 0.717) is 17.1 Å². The van der Waals surface area contributed by atoms with Crippen LogP contribution in [0.2, 0.25) is 0 Å². The number of carbonyl (C=O) groups excluding carboxylic acids is 1. The number of rotatable bonds is 6. The second kappa shape index (κ2) is 7.43. The zero-order chi connectivity index (χ0) is 17.7. The summed E-state index contributed by atoms with van der Waals surface area (Å²) in [5.41, 5.74) is 0.680. The summed E-state index contributed by atoms with van der Waals surface area (Å²) in [6.45, 7) is -1.38. The van der Waals surface area contributed by atoms with Gasteiger partial charge in [-0.05, 0) is 24.3 Å². The molecule has 1 amide bonds. The minimum Gasteiger partial charge on any atom is -0.497 e. The fraction of sp³-hybridized carbons (Fsp3) is 0.308. The molecule has 0 saturated carbocycles. The van der Waals surface area contributed by atoms with Crippen molar-refractivity contribution >= 4 is 17.7 Å². The SMILES string of the molecule is COc1ccc(-c2nnc(SCC(=O)NCC(F)(F)F)n2N)cc1. The molecule has 0 spiro atoms. The van der Waals surface area contributed by atoms with Crippen molar-refractivity contribution in [2.45, 2.75) is 11.3 Å². The molecule has 1 heterocycles. The number of amides is 1. The number of nitrogens with two attached hydrogens (primary N) is 1. The number of hydrogen-bond acceptors (Lipinski definition) is 6. The van der Waals surface area contributed by atoms with Gasteiger partial charge in [0.15, 0.2) is 5.82 Å². The van der Waals surface area contributed by atoms with E-state index in [2.05, 4.69) is 10.2 Å². The van der Waals surface area contributed by atoms with Crippen LogP contribution in [-0.2, 0) is 4.79 Å². The number of carbonyl (C=O) groups is 1. The number of hydrogen-bond donors (Lipinski definition) is 2. The number of aromatic nitrogens is 3. The highest BCUT2D eigenvalue weighted by Crippen LogP contribution is 2.23. The summed E-state index contributed by atoms with van der Waals surface area (Å²) in [4.78, 5) is 11.4. The minimum atomic E-state index is -4.45. The Labute approximate surface area is 139 Å². The van der Waals surface area contributed by atoms with E-state index in [9.17, 15) is 18.0 Å². The van der Waals surface area contributed by atoms with Crippen LogP contribution >= 0.6 is 11.8 Å². The monoisotopic (exact) mass is 361 g/mol. The van der Waals surface area contributed by atoms with Gasteiger partial charge in [0.05, 0.1) is 12.9 Å². The zero-order valence-electron chi connectivity index (χ0n) is 12.5.